The summed E-state index contributed by atoms with van der Waals surface area (Å²) in [6, 6.07) is 3.52. The lowest BCUT2D eigenvalue weighted by atomic mass is 9.94. The van der Waals surface area contributed by atoms with Crippen molar-refractivity contribution in [3.05, 3.63) is 38.2 Å². The third-order valence-electron chi connectivity index (χ3n) is 4.55. The van der Waals surface area contributed by atoms with E-state index in [0.717, 1.165) is 35.4 Å². The molecule has 126 valence electrons. The number of hydrogen-bond donors (Lipinski definition) is 3. The van der Waals surface area contributed by atoms with E-state index in [-0.39, 0.29) is 17.8 Å². The fraction of sp³-hybridized carbons (Fsp3) is 0.353. The van der Waals surface area contributed by atoms with Crippen LogP contribution < -0.4 is 15.4 Å². The first-order chi connectivity index (χ1) is 11.6. The highest BCUT2D eigenvalue weighted by molar-refractivity contribution is 9.10. The molecule has 0 spiro atoms. The second kappa shape index (κ2) is 5.97. The van der Waals surface area contributed by atoms with E-state index in [4.69, 9.17) is 4.74 Å². The topological polar surface area (TPSA) is 70.6 Å². The fourth-order valence-electron chi connectivity index (χ4n) is 3.36. The molecule has 1 amide bonds. The number of methoxy groups -OCH3 is 1. The van der Waals surface area contributed by atoms with Gasteiger partial charge in [0.2, 0.25) is 0 Å². The van der Waals surface area contributed by atoms with Gasteiger partial charge in [-0.25, -0.2) is 0 Å². The number of carbonyl (C=O) groups is 1. The number of carbonyl (C=O) groups excluding carboxylic acids is 1. The zero-order valence-electron chi connectivity index (χ0n) is 13.1. The molecule has 4 rings (SSSR count). The molecule has 24 heavy (non-hydrogen) atoms. The first-order valence-electron chi connectivity index (χ1n) is 7.87. The third kappa shape index (κ3) is 2.46. The highest BCUT2D eigenvalue weighted by atomic mass is 79.9. The van der Waals surface area contributed by atoms with Crippen LogP contribution in [0.1, 0.15) is 45.4 Å². The Hall–Kier alpha value is -1.73. The van der Waals surface area contributed by atoms with E-state index in [1.165, 1.54) is 24.0 Å². The van der Waals surface area contributed by atoms with Crippen molar-refractivity contribution in [2.24, 2.45) is 0 Å². The van der Waals surface area contributed by atoms with Crippen molar-refractivity contribution < 1.29 is 14.6 Å². The van der Waals surface area contributed by atoms with Crippen LogP contribution in [0, 0.1) is 0 Å². The summed E-state index contributed by atoms with van der Waals surface area (Å²) in [6.07, 6.45) is 4.04. The number of fused-ring (bicyclic) bond motifs is 3. The van der Waals surface area contributed by atoms with Crippen LogP contribution in [-0.4, -0.2) is 18.1 Å². The molecule has 1 aromatic heterocycles. The number of phenols is 1. The number of benzene rings is 1. The monoisotopic (exact) mass is 408 g/mol. The van der Waals surface area contributed by atoms with Gasteiger partial charge in [-0.1, -0.05) is 0 Å². The van der Waals surface area contributed by atoms with Gasteiger partial charge in [-0.3, -0.25) is 4.79 Å². The maximum atomic E-state index is 12.7. The molecule has 0 saturated heterocycles. The smallest absolute Gasteiger partial charge is 0.256 e. The summed E-state index contributed by atoms with van der Waals surface area (Å²) < 4.78 is 5.73. The molecule has 2 heterocycles. The Bertz CT molecular complexity index is 834. The second-order valence-electron chi connectivity index (χ2n) is 6.02. The average molecular weight is 409 g/mol. The lowest BCUT2D eigenvalue weighted by molar-refractivity contribution is 0.0935. The van der Waals surface area contributed by atoms with Gasteiger partial charge in [-0.2, -0.15) is 0 Å². The Morgan fingerprint density at radius 1 is 1.29 bits per heavy atom. The van der Waals surface area contributed by atoms with Crippen molar-refractivity contribution in [1.29, 1.82) is 0 Å². The fourth-order valence-corrected chi connectivity index (χ4v) is 5.14. The molecule has 1 aromatic carbocycles. The maximum Gasteiger partial charge on any atom is 0.256 e. The summed E-state index contributed by atoms with van der Waals surface area (Å²) >= 11 is 5.02. The Balaban J connectivity index is 1.72. The zero-order chi connectivity index (χ0) is 16.8. The average Bonchev–Trinajstić information content (AvgIpc) is 2.96. The van der Waals surface area contributed by atoms with Crippen molar-refractivity contribution in [3.8, 4) is 11.5 Å². The molecule has 0 fully saturated rings. The van der Waals surface area contributed by atoms with E-state index >= 15 is 0 Å². The molecule has 5 nitrogen and oxygen atoms in total. The number of thiophene rings is 1. The lowest BCUT2D eigenvalue weighted by Crippen LogP contribution is -2.38. The van der Waals surface area contributed by atoms with Gasteiger partial charge in [-0.05, 0) is 64.9 Å². The molecular formula is C17H17BrN2O3S. The summed E-state index contributed by atoms with van der Waals surface area (Å²) in [7, 11) is 1.50. The van der Waals surface area contributed by atoms with E-state index in [1.54, 1.807) is 23.5 Å². The number of amides is 1. The number of ether oxygens (including phenoxy) is 1. The van der Waals surface area contributed by atoms with Gasteiger partial charge in [0.1, 0.15) is 11.2 Å². The van der Waals surface area contributed by atoms with Crippen LogP contribution in [0.2, 0.25) is 0 Å². The predicted octanol–water partition coefficient (Wildman–Crippen LogP) is 3.96. The van der Waals surface area contributed by atoms with Crippen LogP contribution in [0.4, 0.5) is 5.00 Å². The van der Waals surface area contributed by atoms with Crippen LogP contribution in [0.5, 0.6) is 11.5 Å². The molecule has 0 radical (unpaired) electrons. The first-order valence-corrected chi connectivity index (χ1v) is 9.47. The SMILES string of the molecule is COc1cc([C@@H]2NC(=O)c3c(sc4c3CCCC4)N2)cc(Br)c1O. The summed E-state index contributed by atoms with van der Waals surface area (Å²) in [6.45, 7) is 0. The van der Waals surface area contributed by atoms with Crippen molar-refractivity contribution in [2.45, 2.75) is 31.8 Å². The number of hydrogen-bond acceptors (Lipinski definition) is 5. The molecule has 1 aliphatic carbocycles. The minimum absolute atomic E-state index is 0.0312. The number of nitrogens with one attached hydrogen (secondary N) is 2. The minimum Gasteiger partial charge on any atom is -0.503 e. The van der Waals surface area contributed by atoms with Gasteiger partial charge >= 0.3 is 0 Å². The van der Waals surface area contributed by atoms with Gasteiger partial charge in [0, 0.05) is 4.88 Å². The summed E-state index contributed by atoms with van der Waals surface area (Å²) in [4.78, 5) is 14.0. The Morgan fingerprint density at radius 3 is 2.88 bits per heavy atom. The standard InChI is InChI=1S/C17H17BrN2O3S/c1-23-11-7-8(6-10(18)14(11)21)15-19-16(22)13-9-4-2-3-5-12(9)24-17(13)20-15/h6-7,15,20-21H,2-5H2,1H3,(H,19,22)/t15-/m1/s1. The molecule has 7 heteroatoms. The second-order valence-corrected chi connectivity index (χ2v) is 7.98. The molecule has 2 aromatic rings. The van der Waals surface area contributed by atoms with Crippen molar-refractivity contribution in [1.82, 2.24) is 5.32 Å². The third-order valence-corrected chi connectivity index (χ3v) is 6.38. The Kier molecular flexibility index (Phi) is 3.92. The quantitative estimate of drug-likeness (QED) is 0.703. The summed E-state index contributed by atoms with van der Waals surface area (Å²) in [5.74, 6) is 0.388. The van der Waals surface area contributed by atoms with Crippen LogP contribution in [-0.2, 0) is 12.8 Å². The summed E-state index contributed by atoms with van der Waals surface area (Å²) in [5, 5.41) is 17.4. The number of aromatic hydroxyl groups is 1. The van der Waals surface area contributed by atoms with E-state index in [0.29, 0.717) is 10.2 Å². The number of aryl methyl sites for hydroxylation is 1. The van der Waals surface area contributed by atoms with Crippen LogP contribution in [0.3, 0.4) is 0 Å². The molecule has 0 unspecified atom stereocenters. The normalized spacial score (nSPS) is 19.1. The van der Waals surface area contributed by atoms with E-state index in [1.807, 2.05) is 0 Å². The lowest BCUT2D eigenvalue weighted by Gasteiger charge is -2.27. The van der Waals surface area contributed by atoms with Gasteiger partial charge in [0.05, 0.1) is 17.1 Å². The van der Waals surface area contributed by atoms with E-state index < -0.39 is 0 Å². The number of rotatable bonds is 2. The molecule has 2 aliphatic rings. The van der Waals surface area contributed by atoms with Crippen LogP contribution in [0.15, 0.2) is 16.6 Å². The van der Waals surface area contributed by atoms with Gasteiger partial charge in [0.25, 0.3) is 5.91 Å². The largest absolute Gasteiger partial charge is 0.503 e. The van der Waals surface area contributed by atoms with Gasteiger partial charge < -0.3 is 20.5 Å². The highest BCUT2D eigenvalue weighted by Gasteiger charge is 2.32. The van der Waals surface area contributed by atoms with Gasteiger partial charge in [-0.15, -0.1) is 11.3 Å². The molecule has 0 bridgehead atoms. The molecule has 3 N–H and O–H groups in total. The predicted molar refractivity (Wildman–Crippen MR) is 97.1 cm³/mol. The van der Waals surface area contributed by atoms with E-state index in [9.17, 15) is 9.90 Å². The maximum absolute atomic E-state index is 12.7. The minimum atomic E-state index is -0.351. The zero-order valence-corrected chi connectivity index (χ0v) is 15.5. The number of anilines is 1. The highest BCUT2D eigenvalue weighted by Crippen LogP contribution is 2.43. The first kappa shape index (κ1) is 15.8. The number of phenolic OH excluding ortho intramolecular Hbond substituents is 1. The van der Waals surface area contributed by atoms with Crippen molar-refractivity contribution >= 4 is 38.2 Å². The van der Waals surface area contributed by atoms with Crippen molar-refractivity contribution in [2.75, 3.05) is 12.4 Å². The molecule has 0 saturated carbocycles. The van der Waals surface area contributed by atoms with Crippen LogP contribution >= 0.6 is 27.3 Å². The van der Waals surface area contributed by atoms with Crippen LogP contribution in [0.25, 0.3) is 0 Å². The molecule has 1 atom stereocenters. The summed E-state index contributed by atoms with van der Waals surface area (Å²) in [5.41, 5.74) is 2.85. The molecular weight excluding hydrogens is 392 g/mol. The van der Waals surface area contributed by atoms with E-state index in [2.05, 4.69) is 26.6 Å². The van der Waals surface area contributed by atoms with Crippen molar-refractivity contribution in [3.63, 3.8) is 0 Å². The van der Waals surface area contributed by atoms with Gasteiger partial charge in [0.15, 0.2) is 11.5 Å². The Labute approximate surface area is 152 Å². The molecule has 1 aliphatic heterocycles. The number of halogens is 1. The Morgan fingerprint density at radius 2 is 2.08 bits per heavy atom.